The topological polar surface area (TPSA) is 51.1 Å². The van der Waals surface area contributed by atoms with Gasteiger partial charge in [-0.05, 0) is 26.2 Å². The van der Waals surface area contributed by atoms with Crippen LogP contribution in [0.3, 0.4) is 0 Å². The number of thioether (sulfide) groups is 1. The zero-order chi connectivity index (χ0) is 16.8. The Morgan fingerprint density at radius 2 is 1.92 bits per heavy atom. The van der Waals surface area contributed by atoms with Gasteiger partial charge >= 0.3 is 0 Å². The lowest BCUT2D eigenvalue weighted by Gasteiger charge is -2.47. The van der Waals surface area contributed by atoms with Crippen LogP contribution in [-0.4, -0.2) is 83.3 Å². The van der Waals surface area contributed by atoms with E-state index in [1.807, 2.05) is 0 Å². The summed E-state index contributed by atoms with van der Waals surface area (Å²) in [6.45, 7) is 8.00. The minimum Gasteiger partial charge on any atom is -0.391 e. The van der Waals surface area contributed by atoms with Gasteiger partial charge in [-0.25, -0.2) is 0 Å². The maximum Gasteiger partial charge on any atom is 0.194 e. The lowest BCUT2D eigenvalue weighted by Crippen LogP contribution is -2.55. The van der Waals surface area contributed by atoms with Crippen LogP contribution in [0.5, 0.6) is 0 Å². The molecule has 1 aliphatic carbocycles. The highest BCUT2D eigenvalue weighted by Crippen LogP contribution is 2.35. The van der Waals surface area contributed by atoms with Crippen molar-refractivity contribution in [1.29, 1.82) is 0 Å². The standard InChI is InChI=1S/C18H34N4OS.HI/c1-2-19-17(21-9-6-16(23)14-21)20-15-18(7-4-3-5-8-18)22-10-12-24-13-11-22;/h16,23H,2-15H2,1H3,(H,19,20);1H/t16-;/m1./s1. The van der Waals surface area contributed by atoms with E-state index in [2.05, 4.69) is 33.8 Å². The first-order valence-electron chi connectivity index (χ1n) is 9.78. The number of rotatable bonds is 4. The van der Waals surface area contributed by atoms with Crippen LogP contribution in [-0.2, 0) is 0 Å². The molecule has 3 aliphatic rings. The van der Waals surface area contributed by atoms with Gasteiger partial charge in [0, 0.05) is 49.8 Å². The minimum absolute atomic E-state index is 0. The number of hydrogen-bond donors (Lipinski definition) is 2. The number of nitrogens with zero attached hydrogens (tertiary/aromatic N) is 3. The molecule has 25 heavy (non-hydrogen) atoms. The van der Waals surface area contributed by atoms with Crippen molar-refractivity contribution in [3.05, 3.63) is 0 Å². The number of guanidine groups is 1. The molecular formula is C18H35IN4OS. The Bertz CT molecular complexity index is 425. The second-order valence-electron chi connectivity index (χ2n) is 7.44. The quantitative estimate of drug-likeness (QED) is 0.366. The molecule has 3 fully saturated rings. The molecule has 0 aromatic rings. The van der Waals surface area contributed by atoms with Gasteiger partial charge in [-0.1, -0.05) is 19.3 Å². The van der Waals surface area contributed by atoms with Gasteiger partial charge in [0.2, 0.25) is 0 Å². The third-order valence-corrected chi connectivity index (χ3v) is 6.73. The van der Waals surface area contributed by atoms with E-state index in [1.54, 1.807) is 0 Å². The third-order valence-electron chi connectivity index (χ3n) is 5.79. The molecule has 0 radical (unpaired) electrons. The van der Waals surface area contributed by atoms with Crippen LogP contribution in [0.2, 0.25) is 0 Å². The maximum atomic E-state index is 9.85. The first-order valence-corrected chi connectivity index (χ1v) is 10.9. The molecule has 3 rings (SSSR count). The highest BCUT2D eigenvalue weighted by atomic mass is 127. The van der Waals surface area contributed by atoms with Crippen molar-refractivity contribution in [3.63, 3.8) is 0 Å². The van der Waals surface area contributed by atoms with Crippen LogP contribution in [0, 0.1) is 0 Å². The lowest BCUT2D eigenvalue weighted by molar-refractivity contribution is 0.0669. The average molecular weight is 482 g/mol. The largest absolute Gasteiger partial charge is 0.391 e. The molecule has 2 heterocycles. The summed E-state index contributed by atoms with van der Waals surface area (Å²) < 4.78 is 0. The summed E-state index contributed by atoms with van der Waals surface area (Å²) in [5, 5.41) is 13.3. The van der Waals surface area contributed by atoms with Gasteiger partial charge in [-0.3, -0.25) is 9.89 Å². The molecule has 5 nitrogen and oxygen atoms in total. The summed E-state index contributed by atoms with van der Waals surface area (Å²) in [5.74, 6) is 3.54. The summed E-state index contributed by atoms with van der Waals surface area (Å²) in [4.78, 5) is 10.1. The fraction of sp³-hybridized carbons (Fsp3) is 0.944. The Labute approximate surface area is 174 Å². The molecule has 1 atom stereocenters. The van der Waals surface area contributed by atoms with Gasteiger partial charge in [-0.2, -0.15) is 11.8 Å². The molecular weight excluding hydrogens is 447 g/mol. The predicted octanol–water partition coefficient (Wildman–Crippen LogP) is 2.39. The smallest absolute Gasteiger partial charge is 0.194 e. The molecule has 0 aromatic heterocycles. The van der Waals surface area contributed by atoms with Gasteiger partial charge in [0.15, 0.2) is 5.96 Å². The third kappa shape index (κ3) is 5.62. The number of nitrogens with one attached hydrogen (secondary N) is 1. The molecule has 0 bridgehead atoms. The lowest BCUT2D eigenvalue weighted by atomic mass is 9.80. The molecule has 0 amide bonds. The minimum atomic E-state index is -0.198. The number of halogens is 1. The Hall–Kier alpha value is 0.270. The highest BCUT2D eigenvalue weighted by Gasteiger charge is 2.38. The van der Waals surface area contributed by atoms with Crippen molar-refractivity contribution in [1.82, 2.24) is 15.1 Å². The second kappa shape index (κ2) is 10.6. The van der Waals surface area contributed by atoms with Crippen molar-refractivity contribution in [3.8, 4) is 0 Å². The molecule has 0 aromatic carbocycles. The van der Waals surface area contributed by atoms with Crippen molar-refractivity contribution in [2.24, 2.45) is 4.99 Å². The predicted molar refractivity (Wildman–Crippen MR) is 118 cm³/mol. The maximum absolute atomic E-state index is 9.85. The number of aliphatic hydroxyl groups excluding tert-OH is 1. The Morgan fingerprint density at radius 3 is 2.52 bits per heavy atom. The van der Waals surface area contributed by atoms with E-state index in [0.29, 0.717) is 0 Å². The Morgan fingerprint density at radius 1 is 1.20 bits per heavy atom. The summed E-state index contributed by atoms with van der Waals surface area (Å²) in [6.07, 6.45) is 7.32. The normalized spacial score (nSPS) is 27.8. The van der Waals surface area contributed by atoms with Crippen molar-refractivity contribution >= 4 is 41.7 Å². The average Bonchev–Trinajstić information content (AvgIpc) is 3.06. The molecule has 146 valence electrons. The van der Waals surface area contributed by atoms with Crippen LogP contribution >= 0.6 is 35.7 Å². The molecule has 0 spiro atoms. The first kappa shape index (κ1) is 21.6. The van der Waals surface area contributed by atoms with E-state index in [9.17, 15) is 5.11 Å². The van der Waals surface area contributed by atoms with E-state index >= 15 is 0 Å². The van der Waals surface area contributed by atoms with Gasteiger partial charge in [0.05, 0.1) is 12.6 Å². The molecule has 2 saturated heterocycles. The number of β-amino-alcohol motifs (C(OH)–C–C–N with tert-alkyl or cyclic N) is 1. The van der Waals surface area contributed by atoms with E-state index in [0.717, 1.165) is 38.6 Å². The Kier molecular flexibility index (Phi) is 9.11. The SMILES string of the molecule is CCNC(=NCC1(N2CCSCC2)CCCCC1)N1CC[C@@H](O)C1.I. The molecule has 0 unspecified atom stereocenters. The number of aliphatic imine (C=N–C) groups is 1. The van der Waals surface area contributed by atoms with Crippen molar-refractivity contribution in [2.45, 2.75) is 57.1 Å². The monoisotopic (exact) mass is 482 g/mol. The van der Waals surface area contributed by atoms with Crippen LogP contribution in [0.1, 0.15) is 45.4 Å². The van der Waals surface area contributed by atoms with Gasteiger partial charge in [0.25, 0.3) is 0 Å². The zero-order valence-corrected chi connectivity index (χ0v) is 18.7. The van der Waals surface area contributed by atoms with Crippen LogP contribution in [0.4, 0.5) is 0 Å². The fourth-order valence-corrected chi connectivity index (χ4v) is 5.31. The van der Waals surface area contributed by atoms with Gasteiger partial charge in [0.1, 0.15) is 0 Å². The summed E-state index contributed by atoms with van der Waals surface area (Å²) in [5.41, 5.74) is 0.276. The number of hydrogen-bond acceptors (Lipinski definition) is 4. The molecule has 1 saturated carbocycles. The number of aliphatic hydroxyl groups is 1. The molecule has 7 heteroatoms. The zero-order valence-electron chi connectivity index (χ0n) is 15.6. The van der Waals surface area contributed by atoms with Crippen molar-refractivity contribution < 1.29 is 5.11 Å². The van der Waals surface area contributed by atoms with Crippen molar-refractivity contribution in [2.75, 3.05) is 50.8 Å². The first-order chi connectivity index (χ1) is 11.7. The highest BCUT2D eigenvalue weighted by molar-refractivity contribution is 14.0. The number of likely N-dealkylation sites (tertiary alicyclic amines) is 1. The van der Waals surface area contributed by atoms with Crippen LogP contribution in [0.15, 0.2) is 4.99 Å². The van der Waals surface area contributed by atoms with E-state index in [-0.39, 0.29) is 35.6 Å². The molecule has 2 N–H and O–H groups in total. The van der Waals surface area contributed by atoms with E-state index < -0.39 is 0 Å². The summed E-state index contributed by atoms with van der Waals surface area (Å²) in [6, 6.07) is 0. The summed E-state index contributed by atoms with van der Waals surface area (Å²) >= 11 is 2.09. The second-order valence-corrected chi connectivity index (χ2v) is 8.67. The van der Waals surface area contributed by atoms with E-state index in [4.69, 9.17) is 4.99 Å². The van der Waals surface area contributed by atoms with Crippen LogP contribution < -0.4 is 5.32 Å². The van der Waals surface area contributed by atoms with Gasteiger partial charge < -0.3 is 15.3 Å². The molecule has 2 aliphatic heterocycles. The van der Waals surface area contributed by atoms with E-state index in [1.165, 1.54) is 56.7 Å². The summed E-state index contributed by atoms with van der Waals surface area (Å²) in [7, 11) is 0. The van der Waals surface area contributed by atoms with Gasteiger partial charge in [-0.15, -0.1) is 24.0 Å². The Balaban J connectivity index is 0.00000225. The fourth-order valence-electron chi connectivity index (χ4n) is 4.40. The van der Waals surface area contributed by atoms with Crippen LogP contribution in [0.25, 0.3) is 0 Å².